The number of hydrogen-bond acceptors (Lipinski definition) is 1. The lowest BCUT2D eigenvalue weighted by Gasteiger charge is -2.07. The van der Waals surface area contributed by atoms with Gasteiger partial charge in [0.2, 0.25) is 0 Å². The molecule has 0 saturated heterocycles. The van der Waals surface area contributed by atoms with E-state index in [1.54, 1.807) is 23.5 Å². The van der Waals surface area contributed by atoms with Crippen molar-refractivity contribution < 1.29 is 4.39 Å². The van der Waals surface area contributed by atoms with E-state index in [1.165, 1.54) is 12.1 Å². The van der Waals surface area contributed by atoms with Crippen molar-refractivity contribution in [1.29, 1.82) is 0 Å². The summed E-state index contributed by atoms with van der Waals surface area (Å²) in [7, 11) is 0. The van der Waals surface area contributed by atoms with E-state index in [9.17, 15) is 4.39 Å². The average Bonchev–Trinajstić information content (AvgIpc) is 2.59. The van der Waals surface area contributed by atoms with Crippen LogP contribution in [0, 0.1) is 12.7 Å². The summed E-state index contributed by atoms with van der Waals surface area (Å²) in [6, 6.07) is 8.53. The topological polar surface area (TPSA) is 0 Å². The Morgan fingerprint density at radius 2 is 1.94 bits per heavy atom. The average molecular weight is 320 g/mol. The molecule has 16 heavy (non-hydrogen) atoms. The van der Waals surface area contributed by atoms with Crippen molar-refractivity contribution in [1.82, 2.24) is 0 Å². The summed E-state index contributed by atoms with van der Waals surface area (Å²) in [6.45, 7) is 1.98. The Labute approximate surface area is 111 Å². The van der Waals surface area contributed by atoms with Crippen LogP contribution in [-0.4, -0.2) is 0 Å². The van der Waals surface area contributed by atoms with Crippen LogP contribution in [-0.2, 0) is 0 Å². The normalized spacial score (nSPS) is 12.8. The Balaban J connectivity index is 2.31. The van der Waals surface area contributed by atoms with Crippen LogP contribution in [0.4, 0.5) is 4.39 Å². The molecule has 1 unspecified atom stereocenters. The van der Waals surface area contributed by atoms with Crippen molar-refractivity contribution in [2.45, 2.75) is 11.8 Å². The molecule has 0 spiro atoms. The van der Waals surface area contributed by atoms with Gasteiger partial charge in [-0.3, -0.25) is 0 Å². The second-order valence-corrected chi connectivity index (χ2v) is 6.12. The maximum atomic E-state index is 12.8. The molecule has 1 atom stereocenters. The SMILES string of the molecule is Cc1cc(C(Br)c2ccc(F)cc2)sc1Cl. The lowest BCUT2D eigenvalue weighted by molar-refractivity contribution is 0.627. The molecule has 0 aliphatic rings. The second kappa shape index (κ2) is 4.86. The van der Waals surface area contributed by atoms with Crippen LogP contribution in [0.5, 0.6) is 0 Å². The maximum Gasteiger partial charge on any atom is 0.123 e. The smallest absolute Gasteiger partial charge is 0.123 e. The van der Waals surface area contributed by atoms with Gasteiger partial charge in [-0.2, -0.15) is 0 Å². The zero-order valence-electron chi connectivity index (χ0n) is 8.51. The molecule has 0 amide bonds. The van der Waals surface area contributed by atoms with Crippen LogP contribution >= 0.6 is 38.9 Å². The van der Waals surface area contributed by atoms with E-state index in [1.807, 2.05) is 6.92 Å². The van der Waals surface area contributed by atoms with Crippen molar-refractivity contribution in [3.63, 3.8) is 0 Å². The summed E-state index contributed by atoms with van der Waals surface area (Å²) >= 11 is 11.2. The first-order valence-corrected chi connectivity index (χ1v) is 6.84. The van der Waals surface area contributed by atoms with Crippen LogP contribution in [0.25, 0.3) is 0 Å². The van der Waals surface area contributed by atoms with Gasteiger partial charge in [0.25, 0.3) is 0 Å². The molecular weight excluding hydrogens is 311 g/mol. The fourth-order valence-electron chi connectivity index (χ4n) is 1.40. The van der Waals surface area contributed by atoms with Gasteiger partial charge in [0.15, 0.2) is 0 Å². The third-order valence-electron chi connectivity index (χ3n) is 2.29. The number of aryl methyl sites for hydroxylation is 1. The van der Waals surface area contributed by atoms with Crippen LogP contribution in [0.15, 0.2) is 30.3 Å². The molecule has 0 radical (unpaired) electrons. The summed E-state index contributed by atoms with van der Waals surface area (Å²) in [5, 5.41) is 0. The molecule has 84 valence electrons. The lowest BCUT2D eigenvalue weighted by Crippen LogP contribution is -1.89. The van der Waals surface area contributed by atoms with Crippen molar-refractivity contribution >= 4 is 38.9 Å². The number of alkyl halides is 1. The van der Waals surface area contributed by atoms with Crippen molar-refractivity contribution in [3.05, 3.63) is 56.5 Å². The van der Waals surface area contributed by atoms with E-state index in [0.717, 1.165) is 20.3 Å². The van der Waals surface area contributed by atoms with Crippen LogP contribution in [0.3, 0.4) is 0 Å². The highest BCUT2D eigenvalue weighted by atomic mass is 79.9. The van der Waals surface area contributed by atoms with Crippen LogP contribution in [0.1, 0.15) is 20.8 Å². The van der Waals surface area contributed by atoms with Gasteiger partial charge in [0.1, 0.15) is 5.82 Å². The van der Waals surface area contributed by atoms with Gasteiger partial charge < -0.3 is 0 Å². The maximum absolute atomic E-state index is 12.8. The summed E-state index contributed by atoms with van der Waals surface area (Å²) < 4.78 is 13.6. The molecule has 2 rings (SSSR count). The van der Waals surface area contributed by atoms with Crippen molar-refractivity contribution in [3.8, 4) is 0 Å². The molecule has 0 nitrogen and oxygen atoms in total. The molecule has 1 heterocycles. The summed E-state index contributed by atoms with van der Waals surface area (Å²) in [5.41, 5.74) is 2.10. The number of hydrogen-bond donors (Lipinski definition) is 0. The highest BCUT2D eigenvalue weighted by Gasteiger charge is 2.14. The molecule has 0 N–H and O–H groups in total. The lowest BCUT2D eigenvalue weighted by atomic mass is 10.1. The van der Waals surface area contributed by atoms with Crippen LogP contribution in [0.2, 0.25) is 4.34 Å². The van der Waals surface area contributed by atoms with Crippen LogP contribution < -0.4 is 0 Å². The predicted molar refractivity (Wildman–Crippen MR) is 71.2 cm³/mol. The molecule has 1 aromatic heterocycles. The van der Waals surface area contributed by atoms with E-state index in [-0.39, 0.29) is 10.6 Å². The molecule has 2 aromatic rings. The van der Waals surface area contributed by atoms with E-state index >= 15 is 0 Å². The summed E-state index contributed by atoms with van der Waals surface area (Å²) in [6.07, 6.45) is 0. The molecular formula is C12H9BrClFS. The van der Waals surface area contributed by atoms with Gasteiger partial charge in [0, 0.05) is 4.88 Å². The molecule has 0 saturated carbocycles. The Morgan fingerprint density at radius 3 is 2.44 bits per heavy atom. The van der Waals surface area contributed by atoms with Crippen molar-refractivity contribution in [2.75, 3.05) is 0 Å². The van der Waals surface area contributed by atoms with E-state index < -0.39 is 0 Å². The Hall–Kier alpha value is -0.380. The summed E-state index contributed by atoms with van der Waals surface area (Å²) in [5.74, 6) is -0.219. The minimum absolute atomic E-state index is 0.0734. The van der Waals surface area contributed by atoms with Gasteiger partial charge >= 0.3 is 0 Å². The number of benzene rings is 1. The number of rotatable bonds is 2. The molecule has 0 fully saturated rings. The Bertz CT molecular complexity index is 473. The van der Waals surface area contributed by atoms with Gasteiger partial charge in [0.05, 0.1) is 9.16 Å². The monoisotopic (exact) mass is 318 g/mol. The first-order valence-electron chi connectivity index (χ1n) is 4.73. The van der Waals surface area contributed by atoms with Gasteiger partial charge in [-0.15, -0.1) is 11.3 Å². The summed E-state index contributed by atoms with van der Waals surface area (Å²) in [4.78, 5) is 1.21. The van der Waals surface area contributed by atoms with Gasteiger partial charge in [-0.25, -0.2) is 4.39 Å². The van der Waals surface area contributed by atoms with E-state index in [4.69, 9.17) is 11.6 Å². The quantitative estimate of drug-likeness (QED) is 0.656. The highest BCUT2D eigenvalue weighted by Crippen LogP contribution is 2.38. The number of thiophene rings is 1. The zero-order valence-corrected chi connectivity index (χ0v) is 11.7. The predicted octanol–water partition coefficient (Wildman–Crippen LogP) is 5.33. The highest BCUT2D eigenvalue weighted by molar-refractivity contribution is 9.09. The van der Waals surface area contributed by atoms with E-state index in [0.29, 0.717) is 0 Å². The first kappa shape index (κ1) is 12.1. The molecule has 0 aliphatic heterocycles. The Kier molecular flexibility index (Phi) is 3.67. The second-order valence-electron chi connectivity index (χ2n) is 3.52. The molecule has 0 bridgehead atoms. The minimum Gasteiger partial charge on any atom is -0.207 e. The zero-order chi connectivity index (χ0) is 11.7. The molecule has 4 heteroatoms. The molecule has 0 aliphatic carbocycles. The third kappa shape index (κ3) is 2.47. The third-order valence-corrected chi connectivity index (χ3v) is 5.23. The fraction of sp³-hybridized carbons (Fsp3) is 0.167. The fourth-order valence-corrected chi connectivity index (χ4v) is 3.35. The van der Waals surface area contributed by atoms with E-state index in [2.05, 4.69) is 22.0 Å². The Morgan fingerprint density at radius 1 is 1.31 bits per heavy atom. The van der Waals surface area contributed by atoms with Gasteiger partial charge in [-0.1, -0.05) is 39.7 Å². The van der Waals surface area contributed by atoms with Gasteiger partial charge in [-0.05, 0) is 36.2 Å². The molecule has 1 aromatic carbocycles. The first-order chi connectivity index (χ1) is 7.58. The standard InChI is InChI=1S/C12H9BrClFS/c1-7-6-10(16-12(7)14)11(13)8-2-4-9(15)5-3-8/h2-6,11H,1H3. The largest absolute Gasteiger partial charge is 0.207 e. The van der Waals surface area contributed by atoms with Crippen molar-refractivity contribution in [2.24, 2.45) is 0 Å². The minimum atomic E-state index is -0.219. The number of halogens is 3.